The first kappa shape index (κ1) is 14.8. The Labute approximate surface area is 129 Å². The van der Waals surface area contributed by atoms with Crippen LogP contribution in [-0.4, -0.2) is 47.1 Å². The Morgan fingerprint density at radius 3 is 3.00 bits per heavy atom. The van der Waals surface area contributed by atoms with Crippen LogP contribution in [0.5, 0.6) is 0 Å². The monoisotopic (exact) mass is 309 g/mol. The number of hydrogen-bond acceptors (Lipinski definition) is 5. The predicted molar refractivity (Wildman–Crippen MR) is 84.1 cm³/mol. The van der Waals surface area contributed by atoms with Gasteiger partial charge in [-0.1, -0.05) is 6.92 Å². The van der Waals surface area contributed by atoms with Crippen molar-refractivity contribution in [3.05, 3.63) is 10.6 Å². The minimum Gasteiger partial charge on any atom is -0.481 e. The Kier molecular flexibility index (Phi) is 4.45. The number of carbonyl (C=O) groups is 1. The van der Waals surface area contributed by atoms with Gasteiger partial charge in [-0.25, -0.2) is 4.98 Å². The predicted octanol–water partition coefficient (Wildman–Crippen LogP) is 2.40. The Bertz CT molecular complexity index is 511. The number of fused-ring (bicyclic) bond motifs is 1. The zero-order valence-electron chi connectivity index (χ0n) is 12.5. The van der Waals surface area contributed by atoms with Crippen molar-refractivity contribution in [2.45, 2.75) is 38.5 Å². The highest BCUT2D eigenvalue weighted by atomic mass is 32.1. The second-order valence-electron chi connectivity index (χ2n) is 6.25. The summed E-state index contributed by atoms with van der Waals surface area (Å²) in [6.45, 7) is 6.76. The highest BCUT2D eigenvalue weighted by Crippen LogP contribution is 2.38. The highest BCUT2D eigenvalue weighted by molar-refractivity contribution is 7.15. The molecule has 21 heavy (non-hydrogen) atoms. The van der Waals surface area contributed by atoms with Gasteiger partial charge in [0, 0.05) is 18.0 Å². The summed E-state index contributed by atoms with van der Waals surface area (Å²) in [5, 5.41) is 13.5. The van der Waals surface area contributed by atoms with Gasteiger partial charge in [-0.2, -0.15) is 0 Å². The lowest BCUT2D eigenvalue weighted by molar-refractivity contribution is -0.138. The van der Waals surface area contributed by atoms with E-state index in [4.69, 9.17) is 0 Å². The first-order valence-corrected chi connectivity index (χ1v) is 8.63. The van der Waals surface area contributed by atoms with Crippen LogP contribution in [0.15, 0.2) is 0 Å². The summed E-state index contributed by atoms with van der Waals surface area (Å²) in [4.78, 5) is 19.4. The fourth-order valence-corrected chi connectivity index (χ4v) is 4.32. The van der Waals surface area contributed by atoms with E-state index in [2.05, 4.69) is 22.1 Å². The van der Waals surface area contributed by atoms with Gasteiger partial charge in [0.25, 0.3) is 0 Å². The smallest absolute Gasteiger partial charge is 0.312 e. The number of likely N-dealkylation sites (tertiary alicyclic amines) is 1. The van der Waals surface area contributed by atoms with Gasteiger partial charge in [-0.05, 0) is 44.7 Å². The van der Waals surface area contributed by atoms with Gasteiger partial charge in [0.1, 0.15) is 5.92 Å². The number of aromatic nitrogens is 1. The molecule has 3 rings (SSSR count). The molecule has 0 spiro atoms. The van der Waals surface area contributed by atoms with Gasteiger partial charge < -0.3 is 15.3 Å². The van der Waals surface area contributed by atoms with Crippen molar-refractivity contribution in [1.29, 1.82) is 0 Å². The third-order valence-electron chi connectivity index (χ3n) is 4.39. The molecule has 2 heterocycles. The zero-order chi connectivity index (χ0) is 14.8. The SMILES string of the molecule is CC(CNc1nc2c(s1)CCC2C(=O)O)CN1CCCC1. The van der Waals surface area contributed by atoms with E-state index in [9.17, 15) is 9.90 Å². The van der Waals surface area contributed by atoms with E-state index < -0.39 is 11.9 Å². The number of anilines is 1. The minimum absolute atomic E-state index is 0.395. The molecule has 116 valence electrons. The van der Waals surface area contributed by atoms with Crippen LogP contribution in [0.2, 0.25) is 0 Å². The topological polar surface area (TPSA) is 65.5 Å². The number of carboxylic acid groups (broad SMARTS) is 1. The molecular formula is C15H23N3O2S. The Morgan fingerprint density at radius 2 is 2.29 bits per heavy atom. The van der Waals surface area contributed by atoms with E-state index in [0.29, 0.717) is 12.3 Å². The van der Waals surface area contributed by atoms with Gasteiger partial charge in [0.05, 0.1) is 5.69 Å². The summed E-state index contributed by atoms with van der Waals surface area (Å²) in [6, 6.07) is 0. The van der Waals surface area contributed by atoms with Crippen LogP contribution in [-0.2, 0) is 11.2 Å². The van der Waals surface area contributed by atoms with Crippen LogP contribution in [0.1, 0.15) is 42.7 Å². The molecule has 0 aromatic carbocycles. The third kappa shape index (κ3) is 3.37. The standard InChI is InChI=1S/C15H23N3O2S/c1-10(9-18-6-2-3-7-18)8-16-15-17-13-11(14(19)20)4-5-12(13)21-15/h10-11H,2-9H2,1H3,(H,16,17)(H,19,20). The molecule has 6 heteroatoms. The Balaban J connectivity index is 1.52. The van der Waals surface area contributed by atoms with Gasteiger partial charge in [0.15, 0.2) is 5.13 Å². The molecule has 1 saturated heterocycles. The average Bonchev–Trinajstić information content (AvgIpc) is 3.11. The van der Waals surface area contributed by atoms with Crippen LogP contribution < -0.4 is 5.32 Å². The van der Waals surface area contributed by atoms with Crippen molar-refractivity contribution >= 4 is 22.4 Å². The molecule has 1 aromatic rings. The second-order valence-corrected chi connectivity index (χ2v) is 7.33. The summed E-state index contributed by atoms with van der Waals surface area (Å²) in [6.07, 6.45) is 4.22. The van der Waals surface area contributed by atoms with Gasteiger partial charge in [-0.15, -0.1) is 11.3 Å². The number of carboxylic acids is 1. The summed E-state index contributed by atoms with van der Waals surface area (Å²) in [7, 11) is 0. The van der Waals surface area contributed by atoms with E-state index in [0.717, 1.165) is 35.2 Å². The molecule has 0 bridgehead atoms. The molecule has 1 fully saturated rings. The quantitative estimate of drug-likeness (QED) is 0.845. The number of thiazole rings is 1. The molecule has 0 saturated carbocycles. The van der Waals surface area contributed by atoms with Crippen molar-refractivity contribution in [2.75, 3.05) is 31.5 Å². The lowest BCUT2D eigenvalue weighted by Crippen LogP contribution is -2.28. The largest absolute Gasteiger partial charge is 0.481 e. The van der Waals surface area contributed by atoms with Crippen molar-refractivity contribution in [3.8, 4) is 0 Å². The number of rotatable bonds is 6. The number of aliphatic carboxylic acids is 1. The molecule has 2 atom stereocenters. The third-order valence-corrected chi connectivity index (χ3v) is 5.47. The van der Waals surface area contributed by atoms with E-state index in [1.54, 1.807) is 11.3 Å². The fraction of sp³-hybridized carbons (Fsp3) is 0.733. The van der Waals surface area contributed by atoms with Crippen LogP contribution in [0.25, 0.3) is 0 Å². The van der Waals surface area contributed by atoms with E-state index in [-0.39, 0.29) is 0 Å². The zero-order valence-corrected chi connectivity index (χ0v) is 13.3. The lowest BCUT2D eigenvalue weighted by atomic mass is 10.1. The normalized spacial score (nSPS) is 23.2. The summed E-state index contributed by atoms with van der Waals surface area (Å²) in [5.74, 6) is -0.557. The maximum atomic E-state index is 11.2. The molecule has 1 aromatic heterocycles. The van der Waals surface area contributed by atoms with Gasteiger partial charge >= 0.3 is 5.97 Å². The fourth-order valence-electron chi connectivity index (χ4n) is 3.28. The number of hydrogen-bond donors (Lipinski definition) is 2. The second kappa shape index (κ2) is 6.32. The Morgan fingerprint density at radius 1 is 1.52 bits per heavy atom. The van der Waals surface area contributed by atoms with Gasteiger partial charge in [0.2, 0.25) is 0 Å². The summed E-state index contributed by atoms with van der Waals surface area (Å²) >= 11 is 1.63. The van der Waals surface area contributed by atoms with E-state index in [1.807, 2.05) is 0 Å². The number of aryl methyl sites for hydroxylation is 1. The summed E-state index contributed by atoms with van der Waals surface area (Å²) < 4.78 is 0. The lowest BCUT2D eigenvalue weighted by Gasteiger charge is -2.20. The van der Waals surface area contributed by atoms with Crippen LogP contribution in [0.3, 0.4) is 0 Å². The maximum absolute atomic E-state index is 11.2. The molecule has 2 aliphatic rings. The molecule has 1 aliphatic carbocycles. The van der Waals surface area contributed by atoms with Crippen molar-refractivity contribution in [3.63, 3.8) is 0 Å². The Hall–Kier alpha value is -1.14. The average molecular weight is 309 g/mol. The molecule has 2 unspecified atom stereocenters. The molecule has 5 nitrogen and oxygen atoms in total. The first-order valence-electron chi connectivity index (χ1n) is 7.82. The molecule has 1 aliphatic heterocycles. The van der Waals surface area contributed by atoms with Crippen molar-refractivity contribution in [2.24, 2.45) is 5.92 Å². The molecule has 0 radical (unpaired) electrons. The number of nitrogens with one attached hydrogen (secondary N) is 1. The van der Waals surface area contributed by atoms with E-state index in [1.165, 1.54) is 25.9 Å². The van der Waals surface area contributed by atoms with Crippen molar-refractivity contribution < 1.29 is 9.90 Å². The molecule has 0 amide bonds. The number of nitrogens with zero attached hydrogens (tertiary/aromatic N) is 2. The summed E-state index contributed by atoms with van der Waals surface area (Å²) in [5.41, 5.74) is 0.794. The maximum Gasteiger partial charge on any atom is 0.312 e. The van der Waals surface area contributed by atoms with E-state index >= 15 is 0 Å². The minimum atomic E-state index is -0.743. The van der Waals surface area contributed by atoms with Gasteiger partial charge in [-0.3, -0.25) is 4.79 Å². The molecule has 2 N–H and O–H groups in total. The van der Waals surface area contributed by atoms with Crippen LogP contribution in [0.4, 0.5) is 5.13 Å². The van der Waals surface area contributed by atoms with Crippen molar-refractivity contribution in [1.82, 2.24) is 9.88 Å². The van der Waals surface area contributed by atoms with Crippen LogP contribution >= 0.6 is 11.3 Å². The molecular weight excluding hydrogens is 286 g/mol. The van der Waals surface area contributed by atoms with Crippen LogP contribution in [0, 0.1) is 5.92 Å². The highest BCUT2D eigenvalue weighted by Gasteiger charge is 2.32. The first-order chi connectivity index (χ1) is 10.1.